The third kappa shape index (κ3) is 1.82. The second-order valence-electron chi connectivity index (χ2n) is 5.39. The number of hydrogen-bond donors (Lipinski definition) is 0. The molecule has 1 aromatic rings. The molecule has 2 aliphatic rings. The fourth-order valence-electron chi connectivity index (χ4n) is 2.62. The first-order valence-electron chi connectivity index (χ1n) is 6.03. The zero-order valence-electron chi connectivity index (χ0n) is 9.63. The molecular formula is C14H17ClO. The van der Waals surface area contributed by atoms with Crippen molar-refractivity contribution >= 4 is 11.6 Å². The Morgan fingerprint density at radius 2 is 2.25 bits per heavy atom. The quantitative estimate of drug-likeness (QED) is 0.727. The first-order chi connectivity index (χ1) is 7.71. The van der Waals surface area contributed by atoms with Gasteiger partial charge < -0.3 is 4.74 Å². The number of ether oxygens (including phenoxy) is 1. The summed E-state index contributed by atoms with van der Waals surface area (Å²) in [4.78, 5) is 0. The van der Waals surface area contributed by atoms with Crippen LogP contribution in [0.3, 0.4) is 0 Å². The summed E-state index contributed by atoms with van der Waals surface area (Å²) in [6.45, 7) is 2.13. The molecule has 0 saturated heterocycles. The Kier molecular flexibility index (Phi) is 2.39. The number of rotatable bonds is 3. The number of alkyl halides is 1. The third-order valence-electron chi connectivity index (χ3n) is 3.86. The lowest BCUT2D eigenvalue weighted by Crippen LogP contribution is -2.20. The van der Waals surface area contributed by atoms with Crippen LogP contribution in [0.1, 0.15) is 30.4 Å². The predicted molar refractivity (Wildman–Crippen MR) is 66.3 cm³/mol. The van der Waals surface area contributed by atoms with Crippen molar-refractivity contribution in [3.63, 3.8) is 0 Å². The molecule has 1 aliphatic heterocycles. The summed E-state index contributed by atoms with van der Waals surface area (Å²) in [5.41, 5.74) is 3.10. The topological polar surface area (TPSA) is 9.23 Å². The van der Waals surface area contributed by atoms with Crippen LogP contribution < -0.4 is 4.74 Å². The fourth-order valence-corrected chi connectivity index (χ4v) is 2.99. The van der Waals surface area contributed by atoms with E-state index < -0.39 is 0 Å². The molecule has 3 rings (SSSR count). The van der Waals surface area contributed by atoms with E-state index in [1.807, 2.05) is 0 Å². The van der Waals surface area contributed by atoms with E-state index in [9.17, 15) is 0 Å². The molecule has 1 nitrogen and oxygen atoms in total. The largest absolute Gasteiger partial charge is 0.490 e. The summed E-state index contributed by atoms with van der Waals surface area (Å²) in [5.74, 6) is 1.88. The maximum absolute atomic E-state index is 6.02. The maximum atomic E-state index is 6.02. The van der Waals surface area contributed by atoms with Crippen LogP contribution >= 0.6 is 11.6 Å². The van der Waals surface area contributed by atoms with Gasteiger partial charge >= 0.3 is 0 Å². The van der Waals surface area contributed by atoms with Gasteiger partial charge in [-0.25, -0.2) is 0 Å². The van der Waals surface area contributed by atoms with Crippen LogP contribution in [-0.4, -0.2) is 12.0 Å². The Labute approximate surface area is 102 Å². The molecule has 16 heavy (non-hydrogen) atoms. The van der Waals surface area contributed by atoms with E-state index >= 15 is 0 Å². The first kappa shape index (κ1) is 10.5. The van der Waals surface area contributed by atoms with Crippen LogP contribution in [0.25, 0.3) is 0 Å². The smallest absolute Gasteiger partial charge is 0.123 e. The minimum absolute atomic E-state index is 0.359. The van der Waals surface area contributed by atoms with Crippen molar-refractivity contribution in [3.05, 3.63) is 29.3 Å². The van der Waals surface area contributed by atoms with Gasteiger partial charge in [0, 0.05) is 12.3 Å². The monoisotopic (exact) mass is 236 g/mol. The van der Waals surface area contributed by atoms with Gasteiger partial charge in [0.25, 0.3) is 0 Å². The summed E-state index contributed by atoms with van der Waals surface area (Å²) in [6, 6.07) is 6.47. The van der Waals surface area contributed by atoms with Crippen molar-refractivity contribution in [1.82, 2.24) is 0 Å². The third-order valence-corrected chi connectivity index (χ3v) is 4.43. The predicted octanol–water partition coefficient (Wildman–Crippen LogP) is 3.71. The maximum Gasteiger partial charge on any atom is 0.123 e. The summed E-state index contributed by atoms with van der Waals surface area (Å²) >= 11 is 6.02. The van der Waals surface area contributed by atoms with E-state index in [4.69, 9.17) is 16.3 Å². The number of aryl methyl sites for hydroxylation is 1. The summed E-state index contributed by atoms with van der Waals surface area (Å²) in [5, 5.41) is 0. The summed E-state index contributed by atoms with van der Waals surface area (Å²) in [7, 11) is 0. The van der Waals surface area contributed by atoms with Crippen LogP contribution in [0, 0.1) is 12.3 Å². The number of hydrogen-bond acceptors (Lipinski definition) is 1. The van der Waals surface area contributed by atoms with E-state index in [-0.39, 0.29) is 0 Å². The molecule has 0 amide bonds. The fraction of sp³-hybridized carbons (Fsp3) is 0.571. The molecule has 86 valence electrons. The van der Waals surface area contributed by atoms with Gasteiger partial charge in [-0.05, 0) is 43.2 Å². The van der Waals surface area contributed by atoms with Gasteiger partial charge in [-0.3, -0.25) is 0 Å². The van der Waals surface area contributed by atoms with Crippen molar-refractivity contribution in [2.75, 3.05) is 5.88 Å². The molecule has 0 bridgehead atoms. The van der Waals surface area contributed by atoms with Gasteiger partial charge in [0.15, 0.2) is 0 Å². The van der Waals surface area contributed by atoms with Crippen molar-refractivity contribution in [2.24, 2.45) is 5.41 Å². The van der Waals surface area contributed by atoms with E-state index in [0.717, 1.165) is 24.5 Å². The van der Waals surface area contributed by atoms with Gasteiger partial charge in [-0.1, -0.05) is 17.7 Å². The standard InChI is InChI=1S/C14H17ClO/c1-10-2-3-13-11(6-10)7-12(16-13)8-14(9-15)4-5-14/h2-3,6,12H,4-5,7-9H2,1H3. The van der Waals surface area contributed by atoms with Crippen molar-refractivity contribution in [1.29, 1.82) is 0 Å². The number of fused-ring (bicyclic) bond motifs is 1. The Morgan fingerprint density at radius 3 is 2.94 bits per heavy atom. The van der Waals surface area contributed by atoms with Crippen molar-refractivity contribution in [2.45, 2.75) is 38.7 Å². The van der Waals surface area contributed by atoms with Crippen LogP contribution in [0.5, 0.6) is 5.75 Å². The Balaban J connectivity index is 1.71. The Morgan fingerprint density at radius 1 is 1.44 bits per heavy atom. The zero-order valence-corrected chi connectivity index (χ0v) is 10.4. The molecule has 1 fully saturated rings. The number of halogens is 1. The summed E-state index contributed by atoms with van der Waals surface area (Å²) < 4.78 is 5.98. The second-order valence-corrected chi connectivity index (χ2v) is 5.66. The van der Waals surface area contributed by atoms with Gasteiger partial charge in [-0.15, -0.1) is 11.6 Å². The highest BCUT2D eigenvalue weighted by atomic mass is 35.5. The highest BCUT2D eigenvalue weighted by molar-refractivity contribution is 6.18. The van der Waals surface area contributed by atoms with E-state index in [1.54, 1.807) is 0 Å². The van der Waals surface area contributed by atoms with Gasteiger partial charge in [0.2, 0.25) is 0 Å². The van der Waals surface area contributed by atoms with E-state index in [2.05, 4.69) is 25.1 Å². The molecule has 1 atom stereocenters. The molecule has 0 radical (unpaired) electrons. The molecule has 0 N–H and O–H groups in total. The number of benzene rings is 1. The molecule has 2 heteroatoms. The molecule has 1 unspecified atom stereocenters. The minimum atomic E-state index is 0.359. The molecule has 1 aliphatic carbocycles. The lowest BCUT2D eigenvalue weighted by Gasteiger charge is -2.16. The van der Waals surface area contributed by atoms with Gasteiger partial charge in [-0.2, -0.15) is 0 Å². The first-order valence-corrected chi connectivity index (χ1v) is 6.56. The molecule has 1 aromatic carbocycles. The van der Waals surface area contributed by atoms with Crippen LogP contribution in [0.15, 0.2) is 18.2 Å². The van der Waals surface area contributed by atoms with Gasteiger partial charge in [0.05, 0.1) is 0 Å². The van der Waals surface area contributed by atoms with Gasteiger partial charge in [0.1, 0.15) is 11.9 Å². The van der Waals surface area contributed by atoms with Crippen molar-refractivity contribution in [3.8, 4) is 5.75 Å². The van der Waals surface area contributed by atoms with Crippen LogP contribution in [0.2, 0.25) is 0 Å². The highest BCUT2D eigenvalue weighted by Gasteiger charge is 2.44. The second kappa shape index (κ2) is 3.66. The minimum Gasteiger partial charge on any atom is -0.490 e. The molecule has 1 saturated carbocycles. The Bertz CT molecular complexity index is 409. The average molecular weight is 237 g/mol. The Hall–Kier alpha value is -0.690. The SMILES string of the molecule is Cc1ccc2c(c1)CC(CC1(CCl)CC1)O2. The molecule has 0 spiro atoms. The zero-order chi connectivity index (χ0) is 11.2. The lowest BCUT2D eigenvalue weighted by molar-refractivity contribution is 0.192. The average Bonchev–Trinajstić information content (AvgIpc) is 2.92. The van der Waals surface area contributed by atoms with E-state index in [1.165, 1.54) is 24.0 Å². The van der Waals surface area contributed by atoms with E-state index in [0.29, 0.717) is 11.5 Å². The lowest BCUT2D eigenvalue weighted by atomic mass is 9.97. The molecule has 0 aromatic heterocycles. The van der Waals surface area contributed by atoms with Crippen molar-refractivity contribution < 1.29 is 4.74 Å². The highest BCUT2D eigenvalue weighted by Crippen LogP contribution is 2.52. The van der Waals surface area contributed by atoms with Crippen LogP contribution in [0.4, 0.5) is 0 Å². The summed E-state index contributed by atoms with van der Waals surface area (Å²) in [6.07, 6.45) is 5.12. The normalized spacial score (nSPS) is 25.0. The molecular weight excluding hydrogens is 220 g/mol. The molecule has 1 heterocycles. The van der Waals surface area contributed by atoms with Crippen LogP contribution in [-0.2, 0) is 6.42 Å².